The SMILES string of the molecule is CCCc1nn(C)c(N2CCC(C)C(O)C2)c1N. The summed E-state index contributed by atoms with van der Waals surface area (Å²) in [7, 11) is 1.93. The fourth-order valence-electron chi connectivity index (χ4n) is 2.62. The average molecular weight is 252 g/mol. The third kappa shape index (κ3) is 2.32. The molecule has 0 radical (unpaired) electrons. The summed E-state index contributed by atoms with van der Waals surface area (Å²) in [5, 5.41) is 14.5. The van der Waals surface area contributed by atoms with Crippen LogP contribution in [-0.2, 0) is 13.5 Å². The van der Waals surface area contributed by atoms with Gasteiger partial charge in [0.2, 0.25) is 0 Å². The Morgan fingerprint density at radius 3 is 2.83 bits per heavy atom. The highest BCUT2D eigenvalue weighted by atomic mass is 16.3. The molecule has 3 N–H and O–H groups in total. The number of aromatic nitrogens is 2. The molecule has 18 heavy (non-hydrogen) atoms. The van der Waals surface area contributed by atoms with Gasteiger partial charge in [0.15, 0.2) is 5.82 Å². The molecule has 2 unspecified atom stereocenters. The average Bonchev–Trinajstić information content (AvgIpc) is 2.59. The number of hydrogen-bond acceptors (Lipinski definition) is 4. The number of β-amino-alcohol motifs (C(OH)–C–C–N with tert-alkyl or cyclic N) is 1. The topological polar surface area (TPSA) is 67.3 Å². The zero-order chi connectivity index (χ0) is 13.3. The smallest absolute Gasteiger partial charge is 0.150 e. The molecule has 1 saturated heterocycles. The van der Waals surface area contributed by atoms with E-state index in [2.05, 4.69) is 23.8 Å². The van der Waals surface area contributed by atoms with E-state index in [9.17, 15) is 5.11 Å². The zero-order valence-corrected chi connectivity index (χ0v) is 11.6. The van der Waals surface area contributed by atoms with Crippen LogP contribution in [-0.4, -0.2) is 34.1 Å². The second-order valence-corrected chi connectivity index (χ2v) is 5.34. The van der Waals surface area contributed by atoms with Gasteiger partial charge >= 0.3 is 0 Å². The van der Waals surface area contributed by atoms with Crippen LogP contribution in [0, 0.1) is 5.92 Å². The molecular weight excluding hydrogens is 228 g/mol. The lowest BCUT2D eigenvalue weighted by Gasteiger charge is -2.35. The Kier molecular flexibility index (Phi) is 3.80. The molecule has 102 valence electrons. The van der Waals surface area contributed by atoms with E-state index in [0.29, 0.717) is 12.5 Å². The first kappa shape index (κ1) is 13.2. The van der Waals surface area contributed by atoms with Gasteiger partial charge in [-0.25, -0.2) is 0 Å². The molecule has 1 aliphatic rings. The minimum Gasteiger partial charge on any atom is -0.394 e. The van der Waals surface area contributed by atoms with Crippen molar-refractivity contribution in [3.63, 3.8) is 0 Å². The minimum atomic E-state index is -0.275. The molecule has 1 fully saturated rings. The first-order chi connectivity index (χ1) is 8.54. The van der Waals surface area contributed by atoms with Crippen LogP contribution in [0.1, 0.15) is 32.4 Å². The zero-order valence-electron chi connectivity index (χ0n) is 11.6. The lowest BCUT2D eigenvalue weighted by Crippen LogP contribution is -2.43. The summed E-state index contributed by atoms with van der Waals surface area (Å²) in [6.07, 6.45) is 2.67. The maximum atomic E-state index is 9.99. The van der Waals surface area contributed by atoms with Gasteiger partial charge in [-0.3, -0.25) is 4.68 Å². The second kappa shape index (κ2) is 5.18. The van der Waals surface area contributed by atoms with Gasteiger partial charge < -0.3 is 15.7 Å². The first-order valence-corrected chi connectivity index (χ1v) is 6.79. The maximum absolute atomic E-state index is 9.99. The molecule has 2 rings (SSSR count). The highest BCUT2D eigenvalue weighted by Gasteiger charge is 2.28. The van der Waals surface area contributed by atoms with Crippen molar-refractivity contribution in [3.05, 3.63) is 5.69 Å². The van der Waals surface area contributed by atoms with Crippen LogP contribution in [0.2, 0.25) is 0 Å². The van der Waals surface area contributed by atoms with Gasteiger partial charge in [0, 0.05) is 20.1 Å². The largest absolute Gasteiger partial charge is 0.394 e. The van der Waals surface area contributed by atoms with E-state index >= 15 is 0 Å². The van der Waals surface area contributed by atoms with E-state index in [1.54, 1.807) is 0 Å². The third-order valence-electron chi connectivity index (χ3n) is 3.83. The van der Waals surface area contributed by atoms with Gasteiger partial charge in [-0.2, -0.15) is 5.10 Å². The van der Waals surface area contributed by atoms with Crippen molar-refractivity contribution < 1.29 is 5.11 Å². The van der Waals surface area contributed by atoms with Gasteiger partial charge in [0.05, 0.1) is 17.5 Å². The number of aliphatic hydroxyl groups is 1. The molecule has 1 aliphatic heterocycles. The molecule has 0 aliphatic carbocycles. The minimum absolute atomic E-state index is 0.275. The Morgan fingerprint density at radius 2 is 2.22 bits per heavy atom. The number of nitrogens with zero attached hydrogens (tertiary/aromatic N) is 3. The van der Waals surface area contributed by atoms with Gasteiger partial charge in [-0.15, -0.1) is 0 Å². The number of nitrogens with two attached hydrogens (primary N) is 1. The van der Waals surface area contributed by atoms with Gasteiger partial charge in [-0.1, -0.05) is 20.3 Å². The maximum Gasteiger partial charge on any atom is 0.150 e. The van der Waals surface area contributed by atoms with Crippen molar-refractivity contribution in [2.45, 2.75) is 39.2 Å². The Hall–Kier alpha value is -1.23. The molecule has 0 saturated carbocycles. The highest BCUT2D eigenvalue weighted by Crippen LogP contribution is 2.30. The van der Waals surface area contributed by atoms with E-state index < -0.39 is 0 Å². The summed E-state index contributed by atoms with van der Waals surface area (Å²) in [6.45, 7) is 5.81. The predicted octanol–water partition coefficient (Wildman–Crippen LogP) is 1.16. The standard InChI is InChI=1S/C13H24N4O/c1-4-5-10-12(14)13(16(3)15-10)17-7-6-9(2)11(18)8-17/h9,11,18H,4-8,14H2,1-3H3. The van der Waals surface area contributed by atoms with E-state index in [4.69, 9.17) is 5.73 Å². The first-order valence-electron chi connectivity index (χ1n) is 6.79. The number of nitrogen functional groups attached to an aromatic ring is 1. The van der Waals surface area contributed by atoms with Crippen LogP contribution in [0.4, 0.5) is 11.5 Å². The number of anilines is 2. The summed E-state index contributed by atoms with van der Waals surface area (Å²) in [4.78, 5) is 2.16. The van der Waals surface area contributed by atoms with E-state index in [1.165, 1.54) is 0 Å². The lowest BCUT2D eigenvalue weighted by molar-refractivity contribution is 0.102. The quantitative estimate of drug-likeness (QED) is 0.847. The third-order valence-corrected chi connectivity index (χ3v) is 3.83. The number of aryl methyl sites for hydroxylation is 2. The van der Waals surface area contributed by atoms with E-state index in [-0.39, 0.29) is 6.10 Å². The van der Waals surface area contributed by atoms with Crippen molar-refractivity contribution in [2.24, 2.45) is 13.0 Å². The summed E-state index contributed by atoms with van der Waals surface area (Å²) in [5.74, 6) is 1.33. The van der Waals surface area contributed by atoms with Crippen LogP contribution in [0.3, 0.4) is 0 Å². The molecule has 5 heteroatoms. The Balaban J connectivity index is 2.23. The van der Waals surface area contributed by atoms with Crippen molar-refractivity contribution in [1.82, 2.24) is 9.78 Å². The van der Waals surface area contributed by atoms with Gasteiger partial charge in [0.1, 0.15) is 0 Å². The predicted molar refractivity (Wildman–Crippen MR) is 73.6 cm³/mol. The summed E-state index contributed by atoms with van der Waals surface area (Å²) >= 11 is 0. The molecule has 1 aromatic heterocycles. The number of aliphatic hydroxyl groups excluding tert-OH is 1. The number of rotatable bonds is 3. The molecule has 0 aromatic carbocycles. The summed E-state index contributed by atoms with van der Waals surface area (Å²) in [5.41, 5.74) is 7.95. The monoisotopic (exact) mass is 252 g/mol. The van der Waals surface area contributed by atoms with E-state index in [1.807, 2.05) is 11.7 Å². The van der Waals surface area contributed by atoms with Crippen molar-refractivity contribution >= 4 is 11.5 Å². The molecular formula is C13H24N4O. The molecule has 2 heterocycles. The molecule has 5 nitrogen and oxygen atoms in total. The van der Waals surface area contributed by atoms with Crippen LogP contribution in [0.15, 0.2) is 0 Å². The Morgan fingerprint density at radius 1 is 1.50 bits per heavy atom. The van der Waals surface area contributed by atoms with Crippen LogP contribution < -0.4 is 10.6 Å². The van der Waals surface area contributed by atoms with Crippen LogP contribution in [0.5, 0.6) is 0 Å². The lowest BCUT2D eigenvalue weighted by atomic mass is 9.96. The van der Waals surface area contributed by atoms with Crippen molar-refractivity contribution in [3.8, 4) is 0 Å². The van der Waals surface area contributed by atoms with Gasteiger partial charge in [-0.05, 0) is 18.8 Å². The number of hydrogen-bond donors (Lipinski definition) is 2. The van der Waals surface area contributed by atoms with Crippen molar-refractivity contribution in [1.29, 1.82) is 0 Å². The molecule has 0 amide bonds. The summed E-state index contributed by atoms with van der Waals surface area (Å²) < 4.78 is 1.85. The van der Waals surface area contributed by atoms with E-state index in [0.717, 1.165) is 43.0 Å². The number of piperidine rings is 1. The molecule has 2 atom stereocenters. The molecule has 1 aromatic rings. The Bertz CT molecular complexity index is 415. The van der Waals surface area contributed by atoms with Crippen molar-refractivity contribution in [2.75, 3.05) is 23.7 Å². The molecule has 0 bridgehead atoms. The Labute approximate surface area is 109 Å². The fraction of sp³-hybridized carbons (Fsp3) is 0.769. The summed E-state index contributed by atoms with van der Waals surface area (Å²) in [6, 6.07) is 0. The molecule has 0 spiro atoms. The normalized spacial score (nSPS) is 24.6. The fourth-order valence-corrected chi connectivity index (χ4v) is 2.62. The van der Waals surface area contributed by atoms with Gasteiger partial charge in [0.25, 0.3) is 0 Å². The van der Waals surface area contributed by atoms with Crippen LogP contribution >= 0.6 is 0 Å². The second-order valence-electron chi connectivity index (χ2n) is 5.34. The highest BCUT2D eigenvalue weighted by molar-refractivity contribution is 5.66. The van der Waals surface area contributed by atoms with Crippen LogP contribution in [0.25, 0.3) is 0 Å².